The molecule has 1 unspecified atom stereocenters. The highest BCUT2D eigenvalue weighted by molar-refractivity contribution is 5.21. The first-order chi connectivity index (χ1) is 12.6. The van der Waals surface area contributed by atoms with Crippen LogP contribution in [0.2, 0.25) is 0 Å². The monoisotopic (exact) mass is 356 g/mol. The van der Waals surface area contributed by atoms with Gasteiger partial charge in [-0.2, -0.15) is 0 Å². The summed E-state index contributed by atoms with van der Waals surface area (Å²) < 4.78 is 8.21. The molecule has 1 aromatic carbocycles. The number of hydrogen-bond acceptors (Lipinski definition) is 6. The molecule has 2 aliphatic rings. The fraction of sp³-hybridized carbons (Fsp3) is 0.632. The van der Waals surface area contributed by atoms with Gasteiger partial charge in [-0.05, 0) is 49.9 Å². The first-order valence-electron chi connectivity index (χ1n) is 9.50. The summed E-state index contributed by atoms with van der Waals surface area (Å²) >= 11 is 0. The Balaban J connectivity index is 1.49. The number of aromatic nitrogens is 4. The predicted octanol–water partition coefficient (Wildman–Crippen LogP) is 2.07. The van der Waals surface area contributed by atoms with Gasteiger partial charge in [0.25, 0.3) is 0 Å². The molecule has 2 heterocycles. The van der Waals surface area contributed by atoms with Crippen LogP contribution in [0.5, 0.6) is 0 Å². The van der Waals surface area contributed by atoms with Gasteiger partial charge in [0.2, 0.25) is 0 Å². The van der Waals surface area contributed by atoms with Crippen LogP contribution in [-0.4, -0.2) is 69.9 Å². The lowest BCUT2D eigenvalue weighted by Gasteiger charge is -2.41. The summed E-state index contributed by atoms with van der Waals surface area (Å²) in [7, 11) is 4.32. The fourth-order valence-electron chi connectivity index (χ4n) is 3.83. The zero-order chi connectivity index (χ0) is 18.1. The van der Waals surface area contributed by atoms with Crippen LogP contribution in [0, 0.1) is 0 Å². The minimum absolute atomic E-state index is 0.119. The molecule has 0 spiro atoms. The summed E-state index contributed by atoms with van der Waals surface area (Å²) in [6, 6.07) is 11.6. The highest BCUT2D eigenvalue weighted by Gasteiger charge is 2.35. The predicted molar refractivity (Wildman–Crippen MR) is 98.7 cm³/mol. The van der Waals surface area contributed by atoms with Crippen LogP contribution >= 0.6 is 0 Å². The lowest BCUT2D eigenvalue weighted by atomic mass is 9.98. The zero-order valence-electron chi connectivity index (χ0n) is 15.8. The summed E-state index contributed by atoms with van der Waals surface area (Å²) in [6.45, 7) is 4.74. The molecule has 1 aliphatic carbocycles. The molecule has 2 fully saturated rings. The van der Waals surface area contributed by atoms with Crippen LogP contribution < -0.4 is 0 Å². The van der Waals surface area contributed by atoms with E-state index in [1.807, 2.05) is 4.68 Å². The smallest absolute Gasteiger partial charge is 0.168 e. The number of hydrogen-bond donors (Lipinski definition) is 0. The van der Waals surface area contributed by atoms with Gasteiger partial charge in [0, 0.05) is 13.1 Å². The van der Waals surface area contributed by atoms with Crippen molar-refractivity contribution >= 4 is 0 Å². The summed E-state index contributed by atoms with van der Waals surface area (Å²) in [5, 5.41) is 12.4. The summed E-state index contributed by atoms with van der Waals surface area (Å²) in [6.07, 6.45) is 2.48. The average Bonchev–Trinajstić information content (AvgIpc) is 3.38. The molecular weight excluding hydrogens is 328 g/mol. The molecule has 0 amide bonds. The van der Waals surface area contributed by atoms with E-state index in [0.29, 0.717) is 6.04 Å². The molecule has 26 heavy (non-hydrogen) atoms. The number of rotatable bonds is 6. The van der Waals surface area contributed by atoms with E-state index in [-0.39, 0.29) is 18.2 Å². The molecule has 3 atom stereocenters. The van der Waals surface area contributed by atoms with E-state index in [1.54, 1.807) is 0 Å². The van der Waals surface area contributed by atoms with Gasteiger partial charge in [-0.25, -0.2) is 4.68 Å². The fourth-order valence-corrected chi connectivity index (χ4v) is 3.83. The van der Waals surface area contributed by atoms with Crippen molar-refractivity contribution < 1.29 is 4.74 Å². The van der Waals surface area contributed by atoms with Gasteiger partial charge in [-0.3, -0.25) is 9.80 Å². The van der Waals surface area contributed by atoms with Gasteiger partial charge in [-0.1, -0.05) is 30.3 Å². The second kappa shape index (κ2) is 7.42. The second-order valence-corrected chi connectivity index (χ2v) is 7.57. The van der Waals surface area contributed by atoms with Crippen molar-refractivity contribution in [2.24, 2.45) is 0 Å². The highest BCUT2D eigenvalue weighted by atomic mass is 16.5. The Morgan fingerprint density at radius 3 is 2.77 bits per heavy atom. The van der Waals surface area contributed by atoms with Gasteiger partial charge in [0.15, 0.2) is 5.82 Å². The Hall–Kier alpha value is -1.83. The maximum Gasteiger partial charge on any atom is 0.168 e. The first kappa shape index (κ1) is 17.6. The van der Waals surface area contributed by atoms with Crippen molar-refractivity contribution in [2.45, 2.75) is 44.0 Å². The number of morpholine rings is 1. The lowest BCUT2D eigenvalue weighted by Crippen LogP contribution is -2.48. The van der Waals surface area contributed by atoms with Crippen LogP contribution in [0.25, 0.3) is 0 Å². The van der Waals surface area contributed by atoms with Gasteiger partial charge < -0.3 is 4.74 Å². The van der Waals surface area contributed by atoms with E-state index in [4.69, 9.17) is 4.74 Å². The summed E-state index contributed by atoms with van der Waals surface area (Å²) in [5.74, 6) is 0.954. The molecule has 1 saturated carbocycles. The Kier molecular flexibility index (Phi) is 5.02. The molecule has 1 saturated heterocycles. The molecule has 0 N–H and O–H groups in total. The third-order valence-corrected chi connectivity index (χ3v) is 5.66. The second-order valence-electron chi connectivity index (χ2n) is 7.57. The van der Waals surface area contributed by atoms with E-state index in [9.17, 15) is 0 Å². The van der Waals surface area contributed by atoms with Crippen molar-refractivity contribution in [3.8, 4) is 0 Å². The topological polar surface area (TPSA) is 59.3 Å². The lowest BCUT2D eigenvalue weighted by molar-refractivity contribution is -0.0772. The van der Waals surface area contributed by atoms with Crippen LogP contribution in [0.1, 0.15) is 49.3 Å². The number of tetrazole rings is 1. The van der Waals surface area contributed by atoms with Crippen molar-refractivity contribution in [3.63, 3.8) is 0 Å². The molecule has 7 nitrogen and oxygen atoms in total. The number of nitrogens with zero attached hydrogens (tertiary/aromatic N) is 6. The zero-order valence-corrected chi connectivity index (χ0v) is 15.8. The normalized spacial score (nSPS) is 25.5. The summed E-state index contributed by atoms with van der Waals surface area (Å²) in [4.78, 5) is 4.71. The maximum atomic E-state index is 6.20. The Morgan fingerprint density at radius 2 is 2.04 bits per heavy atom. The van der Waals surface area contributed by atoms with Crippen molar-refractivity contribution in [2.75, 3.05) is 33.8 Å². The molecule has 2 aromatic rings. The molecule has 7 heteroatoms. The first-order valence-corrected chi connectivity index (χ1v) is 9.50. The Labute approximate surface area is 154 Å². The minimum Gasteiger partial charge on any atom is -0.374 e. The molecule has 140 valence electrons. The van der Waals surface area contributed by atoms with Crippen LogP contribution in [-0.2, 0) is 4.74 Å². The number of benzene rings is 1. The SMILES string of the molecule is CC(c1nnnn1C1CC1)N(C)C[C@@H]1OCCN(C)[C@H]1c1ccccc1. The highest BCUT2D eigenvalue weighted by Crippen LogP contribution is 2.36. The third kappa shape index (κ3) is 3.51. The largest absolute Gasteiger partial charge is 0.374 e. The molecule has 0 bridgehead atoms. The Morgan fingerprint density at radius 1 is 1.27 bits per heavy atom. The summed E-state index contributed by atoms with van der Waals surface area (Å²) in [5.41, 5.74) is 1.31. The van der Waals surface area contributed by atoms with Crippen LogP contribution in [0.3, 0.4) is 0 Å². The van der Waals surface area contributed by atoms with Gasteiger partial charge in [-0.15, -0.1) is 5.10 Å². The molecule has 0 radical (unpaired) electrons. The van der Waals surface area contributed by atoms with Gasteiger partial charge in [0.1, 0.15) is 0 Å². The van der Waals surface area contributed by atoms with Crippen LogP contribution in [0.15, 0.2) is 30.3 Å². The van der Waals surface area contributed by atoms with Crippen LogP contribution in [0.4, 0.5) is 0 Å². The van der Waals surface area contributed by atoms with Crippen molar-refractivity contribution in [3.05, 3.63) is 41.7 Å². The van der Waals surface area contributed by atoms with E-state index in [2.05, 4.69) is 76.7 Å². The van der Waals surface area contributed by atoms with Crippen molar-refractivity contribution in [1.29, 1.82) is 0 Å². The Bertz CT molecular complexity index is 716. The number of ether oxygens (including phenoxy) is 1. The quantitative estimate of drug-likeness (QED) is 0.790. The minimum atomic E-state index is 0.119. The van der Waals surface area contributed by atoms with E-state index in [1.165, 1.54) is 18.4 Å². The molecular formula is C19H28N6O. The number of likely N-dealkylation sites (N-methyl/N-ethyl adjacent to an activating group) is 2. The van der Waals surface area contributed by atoms with E-state index in [0.717, 1.165) is 25.5 Å². The molecule has 4 rings (SSSR count). The van der Waals surface area contributed by atoms with Gasteiger partial charge in [0.05, 0.1) is 30.8 Å². The van der Waals surface area contributed by atoms with E-state index < -0.39 is 0 Å². The molecule has 1 aliphatic heterocycles. The maximum absolute atomic E-state index is 6.20. The van der Waals surface area contributed by atoms with Gasteiger partial charge >= 0.3 is 0 Å². The van der Waals surface area contributed by atoms with E-state index >= 15 is 0 Å². The van der Waals surface area contributed by atoms with Crippen molar-refractivity contribution in [1.82, 2.24) is 30.0 Å². The standard InChI is InChI=1S/C19H28N6O/c1-14(19-20-21-22-25(19)16-9-10-16)24(3)13-17-18(23(2)11-12-26-17)15-7-5-4-6-8-15/h4-8,14,16-18H,9-13H2,1-3H3/t14?,17-,18-/m0/s1. The third-order valence-electron chi connectivity index (χ3n) is 5.66. The average molecular weight is 356 g/mol. The molecule has 1 aromatic heterocycles.